The molecule has 0 aromatic carbocycles. The number of rotatable bonds is 6. The van der Waals surface area contributed by atoms with E-state index in [1.54, 1.807) is 14.5 Å². The molecule has 2 saturated heterocycles. The highest BCUT2D eigenvalue weighted by molar-refractivity contribution is 6.74. The van der Waals surface area contributed by atoms with Crippen LogP contribution in [0.2, 0.25) is 18.1 Å². The zero-order chi connectivity index (χ0) is 15.9. The zero-order valence-electron chi connectivity index (χ0n) is 14.3. The van der Waals surface area contributed by atoms with Crippen LogP contribution in [0.15, 0.2) is 0 Å². The lowest BCUT2D eigenvalue weighted by molar-refractivity contribution is 0.0816. The number of carbonyl (C=O) groups is 1. The van der Waals surface area contributed by atoms with Crippen LogP contribution in [-0.2, 0) is 14.0 Å². The fourth-order valence-corrected chi connectivity index (χ4v) is 4.95. The fourth-order valence-electron chi connectivity index (χ4n) is 3.60. The van der Waals surface area contributed by atoms with Crippen LogP contribution in [0.5, 0.6) is 0 Å². The van der Waals surface area contributed by atoms with Crippen molar-refractivity contribution in [3.05, 3.63) is 0 Å². The third kappa shape index (κ3) is 3.00. The summed E-state index contributed by atoms with van der Waals surface area (Å²) in [6.07, 6.45) is 4.28. The Kier molecular flexibility index (Phi) is 4.75. The van der Waals surface area contributed by atoms with Gasteiger partial charge in [0.05, 0.1) is 18.9 Å². The zero-order valence-corrected chi connectivity index (χ0v) is 15.3. The van der Waals surface area contributed by atoms with Gasteiger partial charge in [-0.05, 0) is 37.4 Å². The molecule has 1 radical (unpaired) electrons. The highest BCUT2D eigenvalue weighted by Gasteiger charge is 2.58. The minimum absolute atomic E-state index is 0.0344. The molecule has 3 atom stereocenters. The van der Waals surface area contributed by atoms with Crippen molar-refractivity contribution in [3.63, 3.8) is 0 Å². The van der Waals surface area contributed by atoms with E-state index >= 15 is 0 Å². The number of methoxy groups -OCH3 is 1. The largest absolute Gasteiger partial charge is 0.412 e. The summed E-state index contributed by atoms with van der Waals surface area (Å²) in [6, 6.07) is 0.333. The van der Waals surface area contributed by atoms with E-state index in [9.17, 15) is 4.79 Å². The second kappa shape index (κ2) is 5.80. The van der Waals surface area contributed by atoms with Crippen LogP contribution < -0.4 is 0 Å². The number of nitrogens with zero attached hydrogens (tertiary/aromatic N) is 1. The molecule has 4 nitrogen and oxygen atoms in total. The lowest BCUT2D eigenvalue weighted by atomic mass is 9.84. The molecule has 2 fully saturated rings. The van der Waals surface area contributed by atoms with Gasteiger partial charge in [0.15, 0.2) is 8.32 Å². The Labute approximate surface area is 130 Å². The summed E-state index contributed by atoms with van der Waals surface area (Å²) < 4.78 is 12.1. The summed E-state index contributed by atoms with van der Waals surface area (Å²) in [5.41, 5.74) is -0.0344. The van der Waals surface area contributed by atoms with Crippen molar-refractivity contribution < 1.29 is 14.0 Å². The standard InChI is InChI=1S/C15H29BNO3Si/c1-14(2,3)21(5,6)20-13-9-15(10-19-4)8-7-12(13)17(15)16-11-18/h11-13H,7-10H2,1-6H3. The van der Waals surface area contributed by atoms with Crippen molar-refractivity contribution in [3.8, 4) is 0 Å². The number of fused-ring (bicyclic) bond motifs is 2. The average molecular weight is 310 g/mol. The first kappa shape index (κ1) is 17.2. The maximum Gasteiger partial charge on any atom is 0.294 e. The smallest absolute Gasteiger partial charge is 0.294 e. The maximum absolute atomic E-state index is 11.0. The van der Waals surface area contributed by atoms with E-state index in [4.69, 9.17) is 9.16 Å². The van der Waals surface area contributed by atoms with Crippen LogP contribution in [-0.4, -0.2) is 58.1 Å². The van der Waals surface area contributed by atoms with Gasteiger partial charge >= 0.3 is 0 Å². The maximum atomic E-state index is 11.0. The summed E-state index contributed by atoms with van der Waals surface area (Å²) in [4.78, 5) is 13.2. The van der Waals surface area contributed by atoms with Gasteiger partial charge in [-0.25, -0.2) is 0 Å². The van der Waals surface area contributed by atoms with Gasteiger partial charge in [-0.3, -0.25) is 0 Å². The Morgan fingerprint density at radius 2 is 2.10 bits per heavy atom. The molecule has 0 aromatic rings. The molecule has 6 heteroatoms. The minimum Gasteiger partial charge on any atom is -0.412 e. The number of carbonyl (C=O) groups excluding carboxylic acids is 1. The molecule has 3 unspecified atom stereocenters. The Hall–Kier alpha value is -0.168. The molecule has 2 bridgehead atoms. The molecule has 0 aromatic heterocycles. The second-order valence-corrected chi connectivity index (χ2v) is 12.8. The van der Waals surface area contributed by atoms with Gasteiger partial charge < -0.3 is 18.8 Å². The lowest BCUT2D eigenvalue weighted by Gasteiger charge is -2.40. The van der Waals surface area contributed by atoms with Gasteiger partial charge in [0.25, 0.3) is 7.41 Å². The van der Waals surface area contributed by atoms with E-state index in [0.717, 1.165) is 25.4 Å². The predicted molar refractivity (Wildman–Crippen MR) is 88.7 cm³/mol. The summed E-state index contributed by atoms with van der Waals surface area (Å²) in [6.45, 7) is 12.1. The van der Waals surface area contributed by atoms with Crippen LogP contribution >= 0.6 is 0 Å². The third-order valence-electron chi connectivity index (χ3n) is 5.71. The summed E-state index contributed by atoms with van der Waals surface area (Å²) in [5.74, 6) is 0. The number of hydrogen-bond donors (Lipinski definition) is 0. The molecule has 0 spiro atoms. The van der Waals surface area contributed by atoms with Crippen molar-refractivity contribution in [2.45, 2.75) is 75.9 Å². The van der Waals surface area contributed by atoms with Crippen LogP contribution in [0.1, 0.15) is 40.0 Å². The molecule has 2 aliphatic rings. The van der Waals surface area contributed by atoms with Gasteiger partial charge in [0.1, 0.15) is 0 Å². The normalized spacial score (nSPS) is 33.4. The molecule has 119 valence electrons. The van der Waals surface area contributed by atoms with Crippen LogP contribution in [0.4, 0.5) is 0 Å². The minimum atomic E-state index is -1.79. The van der Waals surface area contributed by atoms with Crippen LogP contribution in [0.25, 0.3) is 0 Å². The molecule has 0 aliphatic carbocycles. The summed E-state index contributed by atoms with van der Waals surface area (Å²) >= 11 is 0. The number of ether oxygens (including phenoxy) is 1. The average Bonchev–Trinajstić information content (AvgIpc) is 2.80. The molecule has 2 aliphatic heterocycles. The fraction of sp³-hybridized carbons (Fsp3) is 0.933. The van der Waals surface area contributed by atoms with Crippen LogP contribution in [0.3, 0.4) is 0 Å². The molecule has 0 amide bonds. The van der Waals surface area contributed by atoms with Crippen molar-refractivity contribution in [1.82, 2.24) is 4.81 Å². The van der Waals surface area contributed by atoms with E-state index < -0.39 is 8.32 Å². The van der Waals surface area contributed by atoms with Gasteiger partial charge in [-0.2, -0.15) is 0 Å². The van der Waals surface area contributed by atoms with Crippen molar-refractivity contribution in [2.24, 2.45) is 0 Å². The van der Waals surface area contributed by atoms with E-state index in [2.05, 4.69) is 38.7 Å². The van der Waals surface area contributed by atoms with Gasteiger partial charge in [-0.15, -0.1) is 0 Å². The van der Waals surface area contributed by atoms with E-state index in [1.807, 2.05) is 0 Å². The van der Waals surface area contributed by atoms with Gasteiger partial charge in [-0.1, -0.05) is 20.8 Å². The molecule has 2 heterocycles. The summed E-state index contributed by atoms with van der Waals surface area (Å²) in [7, 11) is 1.65. The highest BCUT2D eigenvalue weighted by Crippen LogP contribution is 2.49. The molecule has 0 N–H and O–H groups in total. The number of hydrogen-bond acceptors (Lipinski definition) is 4. The first-order chi connectivity index (χ1) is 9.67. The monoisotopic (exact) mass is 310 g/mol. The van der Waals surface area contributed by atoms with Gasteiger partial charge in [0.2, 0.25) is 0 Å². The SMILES string of the molecule is COCC12CCC(C(O[Si](C)(C)C(C)(C)C)C1)N2[B]C=O. The lowest BCUT2D eigenvalue weighted by Crippen LogP contribution is -2.48. The summed E-state index contributed by atoms with van der Waals surface area (Å²) in [5, 5.41) is 0.211. The topological polar surface area (TPSA) is 38.8 Å². The van der Waals surface area contributed by atoms with Crippen molar-refractivity contribution in [1.29, 1.82) is 0 Å². The Bertz CT molecular complexity index is 399. The van der Waals surface area contributed by atoms with Crippen molar-refractivity contribution in [2.75, 3.05) is 13.7 Å². The second-order valence-electron chi connectivity index (χ2n) is 8.08. The third-order valence-corrected chi connectivity index (χ3v) is 10.2. The first-order valence-electron chi connectivity index (χ1n) is 7.91. The predicted octanol–water partition coefficient (Wildman–Crippen LogP) is 2.44. The first-order valence-corrected chi connectivity index (χ1v) is 10.8. The Morgan fingerprint density at radius 3 is 2.62 bits per heavy atom. The molecule has 2 rings (SSSR count). The van der Waals surface area contributed by atoms with Crippen LogP contribution in [0, 0.1) is 0 Å². The highest BCUT2D eigenvalue weighted by atomic mass is 28.4. The van der Waals surface area contributed by atoms with E-state index in [0.29, 0.717) is 12.6 Å². The molecular weight excluding hydrogens is 281 g/mol. The quantitative estimate of drug-likeness (QED) is 0.558. The van der Waals surface area contributed by atoms with E-state index in [1.165, 1.54) is 0 Å². The Balaban J connectivity index is 2.16. The van der Waals surface area contributed by atoms with E-state index in [-0.39, 0.29) is 16.7 Å². The molecular formula is C15H29BNO3Si. The van der Waals surface area contributed by atoms with Gasteiger partial charge in [0, 0.05) is 18.7 Å². The molecule has 0 saturated carbocycles. The van der Waals surface area contributed by atoms with Crippen molar-refractivity contribution >= 4 is 21.9 Å². The Morgan fingerprint density at radius 1 is 1.43 bits per heavy atom. The molecule has 21 heavy (non-hydrogen) atoms.